The first-order valence-corrected chi connectivity index (χ1v) is 11.8. The zero-order chi connectivity index (χ0) is 25.2. The highest BCUT2D eigenvalue weighted by molar-refractivity contribution is 6.32. The second-order valence-corrected chi connectivity index (χ2v) is 8.48. The smallest absolute Gasteiger partial charge is 0.350 e. The predicted octanol–water partition coefficient (Wildman–Crippen LogP) is 2.99. The first kappa shape index (κ1) is 26.9. The molecule has 0 amide bonds. The lowest BCUT2D eigenvalue weighted by molar-refractivity contribution is -0.153. The van der Waals surface area contributed by atoms with E-state index in [4.69, 9.17) is 40.0 Å². The normalized spacial score (nSPS) is 16.3. The third-order valence-electron chi connectivity index (χ3n) is 5.14. The van der Waals surface area contributed by atoms with Crippen molar-refractivity contribution in [3.63, 3.8) is 0 Å². The standard InChI is InChI=1S/C25H32ClNO8/c1-4-31-25(29)24-14-33-23-10-17(5-7-22(23)35-24)9-16(2)27-12-18(28)13-32-21-8-6-19(11-20(21)26)34-15-30-3/h5-8,10-11,16,18,24,27-28H,4,9,12-15H2,1-3H3/t16-,18+,24-/m1/s1. The van der Waals surface area contributed by atoms with Gasteiger partial charge in [0, 0.05) is 25.8 Å². The number of hydrogen-bond acceptors (Lipinski definition) is 9. The Kier molecular flexibility index (Phi) is 10.3. The van der Waals surface area contributed by atoms with Crippen molar-refractivity contribution in [2.45, 2.75) is 38.5 Å². The number of fused-ring (bicyclic) bond motifs is 1. The molecule has 0 saturated heterocycles. The number of ether oxygens (including phenoxy) is 6. The summed E-state index contributed by atoms with van der Waals surface area (Å²) in [5, 5.41) is 14.0. The van der Waals surface area contributed by atoms with Crippen LogP contribution in [0.4, 0.5) is 0 Å². The Morgan fingerprint density at radius 2 is 2.06 bits per heavy atom. The molecule has 1 aliphatic rings. The van der Waals surface area contributed by atoms with Crippen molar-refractivity contribution in [3.05, 3.63) is 47.0 Å². The Balaban J connectivity index is 1.41. The molecule has 3 atom stereocenters. The molecule has 0 spiro atoms. The van der Waals surface area contributed by atoms with Gasteiger partial charge >= 0.3 is 5.97 Å². The molecule has 0 bridgehead atoms. The largest absolute Gasteiger partial charge is 0.489 e. The van der Waals surface area contributed by atoms with Crippen LogP contribution in [0.15, 0.2) is 36.4 Å². The van der Waals surface area contributed by atoms with Gasteiger partial charge in [0.1, 0.15) is 30.8 Å². The molecule has 9 nitrogen and oxygen atoms in total. The fraction of sp³-hybridized carbons (Fsp3) is 0.480. The van der Waals surface area contributed by atoms with Crippen LogP contribution >= 0.6 is 11.6 Å². The molecule has 192 valence electrons. The lowest BCUT2D eigenvalue weighted by Gasteiger charge is -2.25. The molecule has 0 radical (unpaired) electrons. The predicted molar refractivity (Wildman–Crippen MR) is 130 cm³/mol. The Bertz CT molecular complexity index is 972. The van der Waals surface area contributed by atoms with Crippen LogP contribution in [0, 0.1) is 0 Å². The van der Waals surface area contributed by atoms with E-state index >= 15 is 0 Å². The number of carbonyl (C=O) groups is 1. The maximum absolute atomic E-state index is 11.9. The molecular formula is C25H32ClNO8. The Morgan fingerprint density at radius 3 is 2.80 bits per heavy atom. The maximum atomic E-state index is 11.9. The molecular weight excluding hydrogens is 478 g/mol. The zero-order valence-corrected chi connectivity index (χ0v) is 20.9. The molecule has 10 heteroatoms. The SMILES string of the molecule is CCOC(=O)[C@H]1COc2cc(C[C@@H](C)NC[C@H](O)COc3ccc(OCOC)cc3Cl)ccc2O1. The summed E-state index contributed by atoms with van der Waals surface area (Å²) in [4.78, 5) is 11.9. The van der Waals surface area contributed by atoms with Crippen molar-refractivity contribution in [1.82, 2.24) is 5.32 Å². The van der Waals surface area contributed by atoms with E-state index in [1.807, 2.05) is 19.1 Å². The summed E-state index contributed by atoms with van der Waals surface area (Å²) in [7, 11) is 1.54. The van der Waals surface area contributed by atoms with Crippen LogP contribution in [-0.2, 0) is 20.7 Å². The van der Waals surface area contributed by atoms with Gasteiger partial charge in [-0.15, -0.1) is 0 Å². The molecule has 0 aliphatic carbocycles. The van der Waals surface area contributed by atoms with Gasteiger partial charge in [-0.1, -0.05) is 17.7 Å². The lowest BCUT2D eigenvalue weighted by atomic mass is 10.1. The van der Waals surface area contributed by atoms with Crippen LogP contribution in [0.2, 0.25) is 5.02 Å². The van der Waals surface area contributed by atoms with Crippen LogP contribution in [0.25, 0.3) is 0 Å². The fourth-order valence-corrected chi connectivity index (χ4v) is 3.64. The fourth-order valence-electron chi connectivity index (χ4n) is 3.42. The van der Waals surface area contributed by atoms with Crippen LogP contribution in [-0.4, -0.2) is 69.6 Å². The van der Waals surface area contributed by atoms with E-state index in [1.165, 1.54) is 7.11 Å². The molecule has 0 aromatic heterocycles. The van der Waals surface area contributed by atoms with Crippen LogP contribution < -0.4 is 24.3 Å². The highest BCUT2D eigenvalue weighted by Crippen LogP contribution is 2.33. The molecule has 0 fully saturated rings. The maximum Gasteiger partial charge on any atom is 0.350 e. The highest BCUT2D eigenvalue weighted by atomic mass is 35.5. The third kappa shape index (κ3) is 8.17. The summed E-state index contributed by atoms with van der Waals surface area (Å²) in [5.74, 6) is 1.71. The molecule has 35 heavy (non-hydrogen) atoms. The third-order valence-corrected chi connectivity index (χ3v) is 5.43. The molecule has 2 aromatic carbocycles. The van der Waals surface area contributed by atoms with Gasteiger partial charge in [0.05, 0.1) is 11.6 Å². The van der Waals surface area contributed by atoms with E-state index in [-0.39, 0.29) is 26.0 Å². The van der Waals surface area contributed by atoms with Crippen LogP contribution in [0.1, 0.15) is 19.4 Å². The molecule has 0 unspecified atom stereocenters. The van der Waals surface area contributed by atoms with E-state index in [2.05, 4.69) is 5.32 Å². The van der Waals surface area contributed by atoms with Crippen molar-refractivity contribution >= 4 is 17.6 Å². The number of esters is 1. The van der Waals surface area contributed by atoms with Crippen LogP contribution in [0.5, 0.6) is 23.0 Å². The minimum atomic E-state index is -0.755. The van der Waals surface area contributed by atoms with Gasteiger partial charge in [-0.05, 0) is 50.1 Å². The average molecular weight is 510 g/mol. The summed E-state index contributed by atoms with van der Waals surface area (Å²) in [6.07, 6.45) is -0.771. The van der Waals surface area contributed by atoms with Crippen molar-refractivity contribution in [1.29, 1.82) is 0 Å². The van der Waals surface area contributed by atoms with E-state index in [9.17, 15) is 9.90 Å². The second kappa shape index (κ2) is 13.4. The van der Waals surface area contributed by atoms with Crippen molar-refractivity contribution in [2.75, 3.05) is 40.3 Å². The van der Waals surface area contributed by atoms with E-state index in [0.717, 1.165) is 5.56 Å². The summed E-state index contributed by atoms with van der Waals surface area (Å²) in [6, 6.07) is 10.7. The summed E-state index contributed by atoms with van der Waals surface area (Å²) >= 11 is 6.21. The van der Waals surface area contributed by atoms with Crippen LogP contribution in [0.3, 0.4) is 0 Å². The van der Waals surface area contributed by atoms with Crippen molar-refractivity contribution < 1.29 is 38.3 Å². The molecule has 3 rings (SSSR count). The van der Waals surface area contributed by atoms with Gasteiger partial charge in [0.15, 0.2) is 18.3 Å². The average Bonchev–Trinajstić information content (AvgIpc) is 2.85. The van der Waals surface area contributed by atoms with Gasteiger partial charge in [-0.3, -0.25) is 0 Å². The first-order chi connectivity index (χ1) is 16.9. The number of nitrogens with one attached hydrogen (secondary N) is 1. The number of aliphatic hydroxyl groups is 1. The summed E-state index contributed by atoms with van der Waals surface area (Å²) < 4.78 is 32.2. The minimum absolute atomic E-state index is 0.0836. The minimum Gasteiger partial charge on any atom is -0.489 e. The van der Waals surface area contributed by atoms with Gasteiger partial charge in [-0.25, -0.2) is 4.79 Å². The highest BCUT2D eigenvalue weighted by Gasteiger charge is 2.28. The van der Waals surface area contributed by atoms with Gasteiger partial charge in [-0.2, -0.15) is 0 Å². The van der Waals surface area contributed by atoms with Gasteiger partial charge in [0.2, 0.25) is 6.10 Å². The molecule has 2 aromatic rings. The molecule has 0 saturated carbocycles. The zero-order valence-electron chi connectivity index (χ0n) is 20.1. The molecule has 1 heterocycles. The number of benzene rings is 2. The van der Waals surface area contributed by atoms with Crippen molar-refractivity contribution in [2.24, 2.45) is 0 Å². The molecule has 1 aliphatic heterocycles. The second-order valence-electron chi connectivity index (χ2n) is 8.07. The first-order valence-electron chi connectivity index (χ1n) is 11.4. The number of aliphatic hydroxyl groups excluding tert-OH is 1. The number of halogens is 1. The van der Waals surface area contributed by atoms with Gasteiger partial charge < -0.3 is 38.8 Å². The Hall–Kier alpha value is -2.72. The van der Waals surface area contributed by atoms with E-state index < -0.39 is 18.2 Å². The van der Waals surface area contributed by atoms with Gasteiger partial charge in [0.25, 0.3) is 0 Å². The quantitative estimate of drug-likeness (QED) is 0.311. The monoisotopic (exact) mass is 509 g/mol. The topological polar surface area (TPSA) is 105 Å². The Morgan fingerprint density at radius 1 is 1.23 bits per heavy atom. The number of rotatable bonds is 13. The van der Waals surface area contributed by atoms with E-state index in [1.54, 1.807) is 31.2 Å². The summed E-state index contributed by atoms with van der Waals surface area (Å²) in [5.41, 5.74) is 1.04. The number of methoxy groups -OCH3 is 1. The lowest BCUT2D eigenvalue weighted by Crippen LogP contribution is -2.38. The molecule has 2 N–H and O–H groups in total. The van der Waals surface area contributed by atoms with E-state index in [0.29, 0.717) is 47.6 Å². The number of carbonyl (C=O) groups excluding carboxylic acids is 1. The number of hydrogen-bond donors (Lipinski definition) is 2. The van der Waals surface area contributed by atoms with Crippen molar-refractivity contribution in [3.8, 4) is 23.0 Å². The Labute approximate surface area is 210 Å². The summed E-state index contributed by atoms with van der Waals surface area (Å²) in [6.45, 7) is 4.74.